The fourth-order valence-corrected chi connectivity index (χ4v) is 3.61. The maximum Gasteiger partial charge on any atom is 0.264 e. The van der Waals surface area contributed by atoms with Crippen molar-refractivity contribution < 1.29 is 18.3 Å². The zero-order valence-corrected chi connectivity index (χ0v) is 17.3. The first-order valence-electron chi connectivity index (χ1n) is 9.39. The average molecular weight is 440 g/mol. The number of amides is 1. The van der Waals surface area contributed by atoms with Crippen molar-refractivity contribution in [3.8, 4) is 5.88 Å². The molecule has 0 bridgehead atoms. The van der Waals surface area contributed by atoms with Crippen LogP contribution >= 0.6 is 11.3 Å². The molecular formula is C22H18F2N4O2S. The number of halogens is 2. The van der Waals surface area contributed by atoms with Gasteiger partial charge in [0.1, 0.15) is 23.8 Å². The van der Waals surface area contributed by atoms with Gasteiger partial charge >= 0.3 is 0 Å². The third-order valence-corrected chi connectivity index (χ3v) is 5.19. The van der Waals surface area contributed by atoms with Gasteiger partial charge in [0.15, 0.2) is 5.13 Å². The van der Waals surface area contributed by atoms with Crippen molar-refractivity contribution in [3.05, 3.63) is 94.1 Å². The molecular weight excluding hydrogens is 422 g/mol. The Kier molecular flexibility index (Phi) is 6.03. The zero-order valence-electron chi connectivity index (χ0n) is 16.5. The number of hydrogen-bond donors (Lipinski definition) is 1. The van der Waals surface area contributed by atoms with Gasteiger partial charge in [-0.15, -0.1) is 16.4 Å². The molecule has 1 N–H and O–H groups in total. The maximum atomic E-state index is 13.5. The van der Waals surface area contributed by atoms with Gasteiger partial charge in [-0.05, 0) is 42.3 Å². The lowest BCUT2D eigenvalue weighted by Crippen LogP contribution is -2.12. The molecule has 0 spiro atoms. The quantitative estimate of drug-likeness (QED) is 0.448. The van der Waals surface area contributed by atoms with E-state index in [2.05, 4.69) is 15.4 Å². The van der Waals surface area contributed by atoms with Crippen LogP contribution in [-0.4, -0.2) is 20.7 Å². The van der Waals surface area contributed by atoms with Gasteiger partial charge in [-0.3, -0.25) is 14.8 Å². The minimum atomic E-state index is -0.436. The molecule has 4 aromatic rings. The molecule has 0 unspecified atom stereocenters. The second-order valence-electron chi connectivity index (χ2n) is 6.84. The van der Waals surface area contributed by atoms with E-state index in [4.69, 9.17) is 4.74 Å². The highest BCUT2D eigenvalue weighted by atomic mass is 32.1. The molecule has 9 heteroatoms. The van der Waals surface area contributed by atoms with Gasteiger partial charge in [-0.2, -0.15) is 0 Å². The minimum Gasteiger partial charge on any atom is -0.471 e. The number of nitrogens with zero attached hydrogens (tertiary/aromatic N) is 3. The van der Waals surface area contributed by atoms with E-state index >= 15 is 0 Å². The molecule has 158 valence electrons. The fourth-order valence-electron chi connectivity index (χ4n) is 2.92. The highest BCUT2D eigenvalue weighted by Gasteiger charge is 2.20. The van der Waals surface area contributed by atoms with E-state index < -0.39 is 5.91 Å². The van der Waals surface area contributed by atoms with Gasteiger partial charge in [-0.25, -0.2) is 13.8 Å². The molecule has 0 aliphatic carbocycles. The predicted molar refractivity (Wildman–Crippen MR) is 113 cm³/mol. The molecule has 0 fully saturated rings. The van der Waals surface area contributed by atoms with E-state index in [-0.39, 0.29) is 36.2 Å². The van der Waals surface area contributed by atoms with Crippen molar-refractivity contribution in [1.29, 1.82) is 0 Å². The van der Waals surface area contributed by atoms with Crippen LogP contribution in [0.4, 0.5) is 13.9 Å². The van der Waals surface area contributed by atoms with E-state index in [1.807, 2.05) is 12.3 Å². The number of anilines is 1. The lowest BCUT2D eigenvalue weighted by atomic mass is 10.2. The number of hydrogen-bond acceptors (Lipinski definition) is 5. The second-order valence-corrected chi connectivity index (χ2v) is 7.70. The summed E-state index contributed by atoms with van der Waals surface area (Å²) in [5.74, 6) is -1.08. The van der Waals surface area contributed by atoms with E-state index in [1.54, 1.807) is 24.3 Å². The Balaban J connectivity index is 1.58. The minimum absolute atomic E-state index is 0.0331. The van der Waals surface area contributed by atoms with Crippen LogP contribution in [0.15, 0.2) is 60.1 Å². The lowest BCUT2D eigenvalue weighted by Gasteiger charge is -2.06. The number of nitrogens with one attached hydrogen (secondary N) is 1. The highest BCUT2D eigenvalue weighted by molar-refractivity contribution is 7.13. The summed E-state index contributed by atoms with van der Waals surface area (Å²) in [7, 11) is 0. The van der Waals surface area contributed by atoms with Crippen LogP contribution in [0.2, 0.25) is 0 Å². The molecule has 2 heterocycles. The fraction of sp³-hybridized carbons (Fsp3) is 0.136. The number of aromatic nitrogens is 3. The summed E-state index contributed by atoms with van der Waals surface area (Å²) < 4.78 is 34.2. The molecule has 0 aliphatic heterocycles. The molecule has 0 saturated carbocycles. The van der Waals surface area contributed by atoms with Crippen LogP contribution in [-0.2, 0) is 13.2 Å². The van der Waals surface area contributed by atoms with Crippen molar-refractivity contribution in [2.75, 3.05) is 5.32 Å². The molecule has 0 saturated heterocycles. The Labute approximate surface area is 181 Å². The van der Waals surface area contributed by atoms with Gasteiger partial charge in [0.2, 0.25) is 5.88 Å². The van der Waals surface area contributed by atoms with Crippen LogP contribution in [0.25, 0.3) is 0 Å². The average Bonchev–Trinajstić information content (AvgIpc) is 3.32. The van der Waals surface area contributed by atoms with E-state index in [0.29, 0.717) is 16.3 Å². The number of ether oxygens (including phenoxy) is 1. The van der Waals surface area contributed by atoms with E-state index in [1.165, 1.54) is 46.5 Å². The van der Waals surface area contributed by atoms with Crippen LogP contribution in [0.3, 0.4) is 0 Å². The number of thiazole rings is 1. The molecule has 6 nitrogen and oxygen atoms in total. The molecule has 1 amide bonds. The Morgan fingerprint density at radius 1 is 1.13 bits per heavy atom. The van der Waals surface area contributed by atoms with Crippen LogP contribution in [0.1, 0.15) is 27.2 Å². The van der Waals surface area contributed by atoms with Crippen molar-refractivity contribution in [3.63, 3.8) is 0 Å². The van der Waals surface area contributed by atoms with Crippen LogP contribution in [0.5, 0.6) is 5.88 Å². The smallest absolute Gasteiger partial charge is 0.264 e. The van der Waals surface area contributed by atoms with Crippen LogP contribution in [0, 0.1) is 18.6 Å². The SMILES string of the molecule is Cc1csc(NC(=O)c2cn(Cc3cccc(F)c3)nc2OCc2cccc(F)c2)n1. The lowest BCUT2D eigenvalue weighted by molar-refractivity contribution is 0.102. The normalized spacial score (nSPS) is 10.8. The monoisotopic (exact) mass is 440 g/mol. The number of benzene rings is 2. The van der Waals surface area contributed by atoms with Gasteiger partial charge in [0.05, 0.1) is 12.2 Å². The number of aryl methyl sites for hydroxylation is 1. The second kappa shape index (κ2) is 9.05. The van der Waals surface area contributed by atoms with Gasteiger partial charge in [0, 0.05) is 11.6 Å². The third-order valence-electron chi connectivity index (χ3n) is 4.31. The third kappa shape index (κ3) is 5.32. The Bertz CT molecular complexity index is 1220. The Morgan fingerprint density at radius 3 is 2.52 bits per heavy atom. The largest absolute Gasteiger partial charge is 0.471 e. The molecule has 0 aliphatic rings. The maximum absolute atomic E-state index is 13.5. The Morgan fingerprint density at radius 2 is 1.84 bits per heavy atom. The first-order valence-corrected chi connectivity index (χ1v) is 10.3. The summed E-state index contributed by atoms with van der Waals surface area (Å²) >= 11 is 1.31. The molecule has 4 rings (SSSR count). The van der Waals surface area contributed by atoms with Crippen molar-refractivity contribution in [2.45, 2.75) is 20.1 Å². The van der Waals surface area contributed by atoms with Crippen molar-refractivity contribution >= 4 is 22.4 Å². The standard InChI is InChI=1S/C22H18F2N4O2S/c1-14-13-31-22(25-14)26-20(29)19-11-28(10-15-4-2-6-17(23)8-15)27-21(19)30-12-16-5-3-7-18(24)9-16/h2-9,11,13H,10,12H2,1H3,(H,25,26,29). The topological polar surface area (TPSA) is 69.0 Å². The number of rotatable bonds is 7. The Hall–Kier alpha value is -3.59. The summed E-state index contributed by atoms with van der Waals surface area (Å²) in [6, 6.07) is 12.1. The van der Waals surface area contributed by atoms with Crippen molar-refractivity contribution in [2.24, 2.45) is 0 Å². The summed E-state index contributed by atoms with van der Waals surface area (Å²) in [6.45, 7) is 2.11. The van der Waals surface area contributed by atoms with Gasteiger partial charge in [-0.1, -0.05) is 24.3 Å². The van der Waals surface area contributed by atoms with Gasteiger partial charge in [0.25, 0.3) is 5.91 Å². The van der Waals surface area contributed by atoms with Gasteiger partial charge < -0.3 is 4.74 Å². The summed E-state index contributed by atoms with van der Waals surface area (Å²) in [6.07, 6.45) is 1.53. The first-order chi connectivity index (χ1) is 15.0. The molecule has 2 aromatic carbocycles. The molecule has 0 atom stereocenters. The number of carbonyl (C=O) groups excluding carboxylic acids is 1. The summed E-state index contributed by atoms with van der Waals surface area (Å²) in [4.78, 5) is 17.1. The van der Waals surface area contributed by atoms with E-state index in [0.717, 1.165) is 5.69 Å². The summed E-state index contributed by atoms with van der Waals surface area (Å²) in [5.41, 5.74) is 2.27. The molecule has 0 radical (unpaired) electrons. The number of carbonyl (C=O) groups is 1. The summed E-state index contributed by atoms with van der Waals surface area (Å²) in [5, 5.41) is 9.35. The first kappa shape index (κ1) is 20.7. The van der Waals surface area contributed by atoms with E-state index in [9.17, 15) is 13.6 Å². The van der Waals surface area contributed by atoms with Crippen molar-refractivity contribution in [1.82, 2.24) is 14.8 Å². The predicted octanol–water partition coefficient (Wildman–Crippen LogP) is 4.81. The highest BCUT2D eigenvalue weighted by Crippen LogP contribution is 2.22. The van der Waals surface area contributed by atoms with Crippen LogP contribution < -0.4 is 10.1 Å². The molecule has 2 aromatic heterocycles. The zero-order chi connectivity index (χ0) is 21.8. The molecule has 31 heavy (non-hydrogen) atoms.